The van der Waals surface area contributed by atoms with Gasteiger partial charge >= 0.3 is 0 Å². The zero-order valence-electron chi connectivity index (χ0n) is 12.2. The average molecular weight is 305 g/mol. The number of methoxy groups -OCH3 is 1. The number of ether oxygens (including phenoxy) is 1. The Kier molecular flexibility index (Phi) is 5.59. The van der Waals surface area contributed by atoms with Crippen LogP contribution >= 0.6 is 12.4 Å². The molecule has 1 N–H and O–H groups in total. The molecule has 1 saturated heterocycles. The molecule has 3 rings (SSSR count). The molecule has 21 heavy (non-hydrogen) atoms. The molecule has 2 aromatic rings. The van der Waals surface area contributed by atoms with Crippen molar-refractivity contribution in [3.63, 3.8) is 0 Å². The molecule has 0 aliphatic carbocycles. The van der Waals surface area contributed by atoms with E-state index < -0.39 is 0 Å². The summed E-state index contributed by atoms with van der Waals surface area (Å²) >= 11 is 0. The van der Waals surface area contributed by atoms with Crippen LogP contribution in [0, 0.1) is 0 Å². The molecule has 4 heteroatoms. The molecule has 0 atom stereocenters. The molecule has 1 aliphatic rings. The van der Waals surface area contributed by atoms with E-state index in [2.05, 4.69) is 34.6 Å². The molecule has 112 valence electrons. The minimum atomic E-state index is 0. The Morgan fingerprint density at radius 1 is 1.05 bits per heavy atom. The topological polar surface area (TPSA) is 34.1 Å². The summed E-state index contributed by atoms with van der Waals surface area (Å²) in [6, 6.07) is 12.5. The molecule has 1 fully saturated rings. The number of benzene rings is 1. The summed E-state index contributed by atoms with van der Waals surface area (Å²) in [7, 11) is 1.69. The summed E-state index contributed by atoms with van der Waals surface area (Å²) in [6.07, 6.45) is 4.29. The van der Waals surface area contributed by atoms with Crippen LogP contribution in [0.3, 0.4) is 0 Å². The zero-order chi connectivity index (χ0) is 13.8. The molecule has 3 nitrogen and oxygen atoms in total. The van der Waals surface area contributed by atoms with E-state index in [9.17, 15) is 0 Å². The second-order valence-electron chi connectivity index (χ2n) is 5.22. The van der Waals surface area contributed by atoms with Crippen LogP contribution in [0.15, 0.2) is 42.6 Å². The van der Waals surface area contributed by atoms with Gasteiger partial charge in [-0.15, -0.1) is 12.4 Å². The molecule has 0 spiro atoms. The van der Waals surface area contributed by atoms with Gasteiger partial charge < -0.3 is 10.1 Å². The maximum atomic E-state index is 5.20. The standard InChI is InChI=1S/C17H20N2O.ClH/c1-20-16-4-2-13(3-5-16)15-8-11-19-17(12-15)14-6-9-18-10-7-14;/h2-5,8,11-12,14,18H,6-7,9-10H2,1H3;1H. The molecular weight excluding hydrogens is 284 g/mol. The zero-order valence-corrected chi connectivity index (χ0v) is 13.0. The van der Waals surface area contributed by atoms with Gasteiger partial charge in [0, 0.05) is 17.8 Å². The van der Waals surface area contributed by atoms with Crippen LogP contribution in [0.2, 0.25) is 0 Å². The third-order valence-electron chi connectivity index (χ3n) is 3.96. The van der Waals surface area contributed by atoms with Crippen molar-refractivity contribution in [2.24, 2.45) is 0 Å². The smallest absolute Gasteiger partial charge is 0.118 e. The van der Waals surface area contributed by atoms with Crippen molar-refractivity contribution >= 4 is 12.4 Å². The lowest BCUT2D eigenvalue weighted by molar-refractivity contribution is 0.415. The maximum absolute atomic E-state index is 5.20. The fourth-order valence-corrected chi connectivity index (χ4v) is 2.75. The van der Waals surface area contributed by atoms with Crippen molar-refractivity contribution in [3.05, 3.63) is 48.3 Å². The lowest BCUT2D eigenvalue weighted by Crippen LogP contribution is -2.27. The first-order valence-electron chi connectivity index (χ1n) is 7.18. The van der Waals surface area contributed by atoms with E-state index in [1.807, 2.05) is 18.3 Å². The van der Waals surface area contributed by atoms with Gasteiger partial charge in [-0.05, 0) is 61.3 Å². The van der Waals surface area contributed by atoms with Gasteiger partial charge in [0.15, 0.2) is 0 Å². The van der Waals surface area contributed by atoms with Gasteiger partial charge in [-0.2, -0.15) is 0 Å². The number of nitrogens with zero attached hydrogens (tertiary/aromatic N) is 1. The molecule has 1 aliphatic heterocycles. The van der Waals surface area contributed by atoms with Crippen molar-refractivity contribution in [2.45, 2.75) is 18.8 Å². The summed E-state index contributed by atoms with van der Waals surface area (Å²) < 4.78 is 5.20. The molecule has 1 aromatic heterocycles. The molecule has 2 heterocycles. The van der Waals surface area contributed by atoms with Gasteiger partial charge in [-0.3, -0.25) is 4.98 Å². The van der Waals surface area contributed by atoms with Crippen LogP contribution in [0.1, 0.15) is 24.5 Å². The lowest BCUT2D eigenvalue weighted by Gasteiger charge is -2.22. The lowest BCUT2D eigenvalue weighted by atomic mass is 9.92. The van der Waals surface area contributed by atoms with Crippen LogP contribution in [0.5, 0.6) is 5.75 Å². The van der Waals surface area contributed by atoms with Crippen LogP contribution in [-0.2, 0) is 0 Å². The second-order valence-corrected chi connectivity index (χ2v) is 5.22. The van der Waals surface area contributed by atoms with E-state index in [1.165, 1.54) is 29.7 Å². The highest BCUT2D eigenvalue weighted by Gasteiger charge is 2.16. The Labute approximate surface area is 132 Å². The highest BCUT2D eigenvalue weighted by Crippen LogP contribution is 2.28. The van der Waals surface area contributed by atoms with Crippen LogP contribution in [0.25, 0.3) is 11.1 Å². The van der Waals surface area contributed by atoms with Crippen molar-refractivity contribution < 1.29 is 4.74 Å². The van der Waals surface area contributed by atoms with E-state index in [0.29, 0.717) is 5.92 Å². The second kappa shape index (κ2) is 7.43. The van der Waals surface area contributed by atoms with Crippen molar-refractivity contribution in [3.8, 4) is 16.9 Å². The summed E-state index contributed by atoms with van der Waals surface area (Å²) in [5.41, 5.74) is 3.67. The quantitative estimate of drug-likeness (QED) is 0.940. The van der Waals surface area contributed by atoms with E-state index in [1.54, 1.807) is 7.11 Å². The number of piperidine rings is 1. The van der Waals surface area contributed by atoms with Gasteiger partial charge in [0.2, 0.25) is 0 Å². The normalized spacial score (nSPS) is 15.3. The van der Waals surface area contributed by atoms with Crippen LogP contribution in [-0.4, -0.2) is 25.2 Å². The number of halogens is 1. The molecule has 0 unspecified atom stereocenters. The summed E-state index contributed by atoms with van der Waals surface area (Å²) in [6.45, 7) is 2.19. The highest BCUT2D eigenvalue weighted by molar-refractivity contribution is 5.85. The largest absolute Gasteiger partial charge is 0.497 e. The average Bonchev–Trinajstić information content (AvgIpc) is 2.56. The number of hydrogen-bond donors (Lipinski definition) is 1. The Bertz CT molecular complexity index is 565. The van der Waals surface area contributed by atoms with Crippen molar-refractivity contribution in [2.75, 3.05) is 20.2 Å². The predicted molar refractivity (Wildman–Crippen MR) is 88.3 cm³/mol. The third-order valence-corrected chi connectivity index (χ3v) is 3.96. The van der Waals surface area contributed by atoms with E-state index in [0.717, 1.165) is 18.8 Å². The molecule has 0 bridgehead atoms. The number of aromatic nitrogens is 1. The molecular formula is C17H21ClN2O. The SMILES string of the molecule is COc1ccc(-c2ccnc(C3CCNCC3)c2)cc1.Cl. The third kappa shape index (κ3) is 3.74. The fourth-order valence-electron chi connectivity index (χ4n) is 2.75. The summed E-state index contributed by atoms with van der Waals surface area (Å²) in [5, 5.41) is 3.40. The molecule has 0 saturated carbocycles. The molecule has 0 radical (unpaired) electrons. The fraction of sp³-hybridized carbons (Fsp3) is 0.353. The number of pyridine rings is 1. The van der Waals surface area contributed by atoms with E-state index in [4.69, 9.17) is 4.74 Å². The molecule has 0 amide bonds. The van der Waals surface area contributed by atoms with Crippen LogP contribution in [0.4, 0.5) is 0 Å². The van der Waals surface area contributed by atoms with Gasteiger partial charge in [0.05, 0.1) is 7.11 Å². The van der Waals surface area contributed by atoms with E-state index >= 15 is 0 Å². The van der Waals surface area contributed by atoms with Gasteiger partial charge in [0.1, 0.15) is 5.75 Å². The Hall–Kier alpha value is -1.58. The van der Waals surface area contributed by atoms with E-state index in [-0.39, 0.29) is 12.4 Å². The minimum absolute atomic E-state index is 0. The minimum Gasteiger partial charge on any atom is -0.497 e. The first kappa shape index (κ1) is 15.8. The number of rotatable bonds is 3. The predicted octanol–water partition coefficient (Wildman–Crippen LogP) is 3.65. The first-order chi connectivity index (χ1) is 9.86. The number of hydrogen-bond acceptors (Lipinski definition) is 3. The molecule has 1 aromatic carbocycles. The van der Waals surface area contributed by atoms with Gasteiger partial charge in [-0.25, -0.2) is 0 Å². The summed E-state index contributed by atoms with van der Waals surface area (Å²) in [4.78, 5) is 4.57. The van der Waals surface area contributed by atoms with Crippen molar-refractivity contribution in [1.82, 2.24) is 10.3 Å². The Morgan fingerprint density at radius 3 is 2.43 bits per heavy atom. The monoisotopic (exact) mass is 304 g/mol. The first-order valence-corrected chi connectivity index (χ1v) is 7.18. The van der Waals surface area contributed by atoms with Gasteiger partial charge in [0.25, 0.3) is 0 Å². The van der Waals surface area contributed by atoms with Crippen LogP contribution < -0.4 is 10.1 Å². The summed E-state index contributed by atoms with van der Waals surface area (Å²) in [5.74, 6) is 1.48. The Balaban J connectivity index is 0.00000161. The van der Waals surface area contributed by atoms with Gasteiger partial charge in [-0.1, -0.05) is 12.1 Å². The maximum Gasteiger partial charge on any atom is 0.118 e. The Morgan fingerprint density at radius 2 is 1.76 bits per heavy atom. The van der Waals surface area contributed by atoms with Crippen molar-refractivity contribution in [1.29, 1.82) is 0 Å². The number of nitrogens with one attached hydrogen (secondary N) is 1. The highest BCUT2D eigenvalue weighted by atomic mass is 35.5.